The average molecular weight is 505 g/mol. The van der Waals surface area contributed by atoms with Gasteiger partial charge in [0.1, 0.15) is 30.0 Å². The SMILES string of the molecule is COc1nc(C(=O)N2CCC3(c4cccc(F)c4)OCOC3C2)ccc1OCC1C2CC(F)(F)CC12. The summed E-state index contributed by atoms with van der Waals surface area (Å²) in [5.41, 5.74) is 0.0912. The molecular formula is C26H27F3N2O5. The number of pyridine rings is 1. The third-order valence-electron chi connectivity index (χ3n) is 8.09. The number of nitrogens with zero attached hydrogens (tertiary/aromatic N) is 2. The second-order valence-electron chi connectivity index (χ2n) is 10.1. The summed E-state index contributed by atoms with van der Waals surface area (Å²) >= 11 is 0. The van der Waals surface area contributed by atoms with E-state index in [0.717, 1.165) is 0 Å². The van der Waals surface area contributed by atoms with Crippen molar-refractivity contribution >= 4 is 5.91 Å². The standard InChI is InChI=1S/C26H27F3N2O5/c1-33-23-21(34-13-19-17-10-25(28,29)11-18(17)19)6-5-20(30-23)24(32)31-8-7-26(22(12-31)35-14-36-26)15-3-2-4-16(27)9-15/h2-6,9,17-19,22H,7-8,10-14H2,1H3. The molecule has 2 aromatic rings. The summed E-state index contributed by atoms with van der Waals surface area (Å²) in [6, 6.07) is 9.48. The molecule has 2 aliphatic carbocycles. The van der Waals surface area contributed by atoms with Gasteiger partial charge in [-0.15, -0.1) is 0 Å². The van der Waals surface area contributed by atoms with Crippen molar-refractivity contribution in [3.05, 3.63) is 53.5 Å². The Balaban J connectivity index is 1.12. The molecule has 0 bridgehead atoms. The third-order valence-corrected chi connectivity index (χ3v) is 8.09. The Morgan fingerprint density at radius 3 is 2.78 bits per heavy atom. The fourth-order valence-corrected chi connectivity index (χ4v) is 6.13. The van der Waals surface area contributed by atoms with Crippen molar-refractivity contribution in [2.45, 2.75) is 36.9 Å². The minimum Gasteiger partial charge on any atom is -0.488 e. The third kappa shape index (κ3) is 4.00. The molecule has 1 aromatic heterocycles. The van der Waals surface area contributed by atoms with Gasteiger partial charge in [-0.25, -0.2) is 18.2 Å². The molecular weight excluding hydrogens is 477 g/mol. The summed E-state index contributed by atoms with van der Waals surface area (Å²) in [5, 5.41) is 0. The number of carbonyl (C=O) groups is 1. The molecule has 7 nitrogen and oxygen atoms in total. The molecule has 2 saturated carbocycles. The first kappa shape index (κ1) is 23.5. The van der Waals surface area contributed by atoms with E-state index in [0.29, 0.717) is 30.9 Å². The summed E-state index contributed by atoms with van der Waals surface area (Å²) in [4.78, 5) is 19.3. The van der Waals surface area contributed by atoms with Crippen LogP contribution in [0.15, 0.2) is 36.4 Å². The number of alkyl halides is 2. The number of ether oxygens (including phenoxy) is 4. The molecule has 4 fully saturated rings. The number of amides is 1. The largest absolute Gasteiger partial charge is 0.488 e. The zero-order valence-corrected chi connectivity index (χ0v) is 19.8. The van der Waals surface area contributed by atoms with Gasteiger partial charge in [-0.2, -0.15) is 0 Å². The Hall–Kier alpha value is -2.85. The minimum absolute atomic E-state index is 0.0141. The minimum atomic E-state index is -2.55. The van der Waals surface area contributed by atoms with E-state index in [4.69, 9.17) is 18.9 Å². The van der Waals surface area contributed by atoms with Gasteiger partial charge >= 0.3 is 0 Å². The predicted molar refractivity (Wildman–Crippen MR) is 120 cm³/mol. The van der Waals surface area contributed by atoms with Gasteiger partial charge in [-0.1, -0.05) is 12.1 Å². The van der Waals surface area contributed by atoms with E-state index < -0.39 is 17.6 Å². The molecule has 3 heterocycles. The number of carbonyl (C=O) groups excluding carboxylic acids is 1. The smallest absolute Gasteiger partial charge is 0.272 e. The molecule has 6 rings (SSSR count). The lowest BCUT2D eigenvalue weighted by atomic mass is 9.82. The summed E-state index contributed by atoms with van der Waals surface area (Å²) in [6.45, 7) is 1.05. The van der Waals surface area contributed by atoms with Crippen LogP contribution >= 0.6 is 0 Å². The van der Waals surface area contributed by atoms with Gasteiger partial charge in [-0.05, 0) is 47.6 Å². The topological polar surface area (TPSA) is 70.1 Å². The summed E-state index contributed by atoms with van der Waals surface area (Å²) in [6.07, 6.45) is -0.123. The number of hydrogen-bond donors (Lipinski definition) is 0. The molecule has 2 aliphatic heterocycles. The van der Waals surface area contributed by atoms with Crippen LogP contribution in [0.5, 0.6) is 11.6 Å². The first-order valence-corrected chi connectivity index (χ1v) is 12.2. The van der Waals surface area contributed by atoms with Crippen LogP contribution in [0.3, 0.4) is 0 Å². The van der Waals surface area contributed by atoms with Crippen molar-refractivity contribution < 1.29 is 36.9 Å². The van der Waals surface area contributed by atoms with E-state index in [9.17, 15) is 18.0 Å². The Morgan fingerprint density at radius 2 is 2.03 bits per heavy atom. The fraction of sp³-hybridized carbons (Fsp3) is 0.538. The maximum absolute atomic E-state index is 13.9. The second kappa shape index (κ2) is 8.62. The van der Waals surface area contributed by atoms with E-state index in [1.165, 1.54) is 19.2 Å². The van der Waals surface area contributed by atoms with Crippen LogP contribution in [-0.2, 0) is 15.1 Å². The molecule has 0 radical (unpaired) electrons. The quantitative estimate of drug-likeness (QED) is 0.592. The zero-order valence-electron chi connectivity index (χ0n) is 19.8. The number of hydrogen-bond acceptors (Lipinski definition) is 6. The van der Waals surface area contributed by atoms with Crippen LogP contribution in [0, 0.1) is 23.6 Å². The van der Waals surface area contributed by atoms with Crippen LogP contribution in [0.4, 0.5) is 13.2 Å². The van der Waals surface area contributed by atoms with Gasteiger partial charge in [0.15, 0.2) is 5.75 Å². The normalized spacial score (nSPS) is 32.1. The number of halogens is 3. The van der Waals surface area contributed by atoms with E-state index in [2.05, 4.69) is 4.98 Å². The molecule has 10 heteroatoms. The van der Waals surface area contributed by atoms with Crippen molar-refractivity contribution in [2.75, 3.05) is 33.6 Å². The molecule has 36 heavy (non-hydrogen) atoms. The maximum atomic E-state index is 13.9. The summed E-state index contributed by atoms with van der Waals surface area (Å²) < 4.78 is 63.6. The average Bonchev–Trinajstić information content (AvgIpc) is 3.19. The molecule has 1 aromatic carbocycles. The number of fused-ring (bicyclic) bond motifs is 2. The highest BCUT2D eigenvalue weighted by molar-refractivity contribution is 5.92. The fourth-order valence-electron chi connectivity index (χ4n) is 6.13. The van der Waals surface area contributed by atoms with Crippen LogP contribution in [-0.4, -0.2) is 61.4 Å². The van der Waals surface area contributed by atoms with Gasteiger partial charge in [0.05, 0.1) is 20.3 Å². The number of methoxy groups -OCH3 is 1. The van der Waals surface area contributed by atoms with Gasteiger partial charge in [0.2, 0.25) is 5.92 Å². The maximum Gasteiger partial charge on any atom is 0.272 e. The van der Waals surface area contributed by atoms with E-state index in [1.807, 2.05) is 6.07 Å². The molecule has 192 valence electrons. The Bertz CT molecular complexity index is 1170. The number of rotatable bonds is 6. The number of benzene rings is 1. The summed E-state index contributed by atoms with van der Waals surface area (Å²) in [7, 11) is 1.44. The highest BCUT2D eigenvalue weighted by atomic mass is 19.3. The molecule has 0 N–H and O–H groups in total. The first-order valence-electron chi connectivity index (χ1n) is 12.2. The second-order valence-corrected chi connectivity index (χ2v) is 10.1. The van der Waals surface area contributed by atoms with Crippen molar-refractivity contribution in [3.63, 3.8) is 0 Å². The van der Waals surface area contributed by atoms with Crippen LogP contribution < -0.4 is 9.47 Å². The molecule has 1 amide bonds. The highest BCUT2D eigenvalue weighted by Gasteiger charge is 2.63. The molecule has 4 unspecified atom stereocenters. The monoisotopic (exact) mass is 504 g/mol. The molecule has 4 aliphatic rings. The number of likely N-dealkylation sites (tertiary alicyclic amines) is 1. The lowest BCUT2D eigenvalue weighted by Gasteiger charge is -2.41. The van der Waals surface area contributed by atoms with Crippen LogP contribution in [0.25, 0.3) is 0 Å². The first-order chi connectivity index (χ1) is 17.3. The Labute approximate surface area is 206 Å². The molecule has 4 atom stereocenters. The number of piperidine rings is 1. The van der Waals surface area contributed by atoms with Gasteiger partial charge < -0.3 is 23.8 Å². The van der Waals surface area contributed by atoms with Crippen molar-refractivity contribution in [3.8, 4) is 11.6 Å². The van der Waals surface area contributed by atoms with Crippen LogP contribution in [0.2, 0.25) is 0 Å². The van der Waals surface area contributed by atoms with Gasteiger partial charge in [-0.3, -0.25) is 4.79 Å². The highest BCUT2D eigenvalue weighted by Crippen LogP contribution is 2.62. The van der Waals surface area contributed by atoms with Gasteiger partial charge in [0.25, 0.3) is 11.8 Å². The molecule has 2 saturated heterocycles. The van der Waals surface area contributed by atoms with E-state index in [1.54, 1.807) is 23.1 Å². The summed E-state index contributed by atoms with van der Waals surface area (Å²) in [5.74, 6) is -2.49. The zero-order chi connectivity index (χ0) is 25.1. The van der Waals surface area contributed by atoms with E-state index in [-0.39, 0.29) is 67.2 Å². The van der Waals surface area contributed by atoms with Crippen molar-refractivity contribution in [1.29, 1.82) is 0 Å². The predicted octanol–water partition coefficient (Wildman–Crippen LogP) is 4.01. The molecule has 0 spiro atoms. The van der Waals surface area contributed by atoms with Crippen molar-refractivity contribution in [2.24, 2.45) is 17.8 Å². The lowest BCUT2D eigenvalue weighted by molar-refractivity contribution is -0.0441. The van der Waals surface area contributed by atoms with Gasteiger partial charge in [0, 0.05) is 25.8 Å². The Morgan fingerprint density at radius 1 is 1.22 bits per heavy atom. The van der Waals surface area contributed by atoms with Crippen LogP contribution in [0.1, 0.15) is 35.3 Å². The van der Waals surface area contributed by atoms with Crippen molar-refractivity contribution in [1.82, 2.24) is 9.88 Å². The Kier molecular flexibility index (Phi) is 5.64. The lowest BCUT2D eigenvalue weighted by Crippen LogP contribution is -2.53. The number of aromatic nitrogens is 1. The van der Waals surface area contributed by atoms with E-state index >= 15 is 0 Å².